The molecule has 0 aromatic heterocycles. The van der Waals surface area contributed by atoms with Gasteiger partial charge in [-0.25, -0.2) is 0 Å². The monoisotopic (exact) mass is 384 g/mol. The maximum atomic E-state index is 2.62. The standard InChI is InChI=1S/C29H36/c1-5-7-13-21-19-28(26-18-12-11-17-23(21)26)29(3,4)27-20-22-14-9-10-16-24(22)25(27)15-8-6-2/h9-12,14,16-19,28H,5-8,13,15,20H2,1-4H3. The van der Waals surface area contributed by atoms with Crippen LogP contribution in [0.1, 0.15) is 94.4 Å². The smallest absolute Gasteiger partial charge is 0.0119 e. The Morgan fingerprint density at radius 1 is 0.828 bits per heavy atom. The molecule has 2 aromatic carbocycles. The van der Waals surface area contributed by atoms with E-state index in [1.165, 1.54) is 55.2 Å². The molecule has 0 nitrogen and oxygen atoms in total. The molecule has 0 heterocycles. The molecule has 0 heteroatoms. The second-order valence-corrected chi connectivity index (χ2v) is 9.48. The topological polar surface area (TPSA) is 0 Å². The van der Waals surface area contributed by atoms with E-state index in [2.05, 4.69) is 82.3 Å². The summed E-state index contributed by atoms with van der Waals surface area (Å²) in [5, 5.41) is 0. The Morgan fingerprint density at radius 2 is 1.48 bits per heavy atom. The summed E-state index contributed by atoms with van der Waals surface area (Å²) in [6.45, 7) is 9.60. The highest BCUT2D eigenvalue weighted by atomic mass is 14.4. The van der Waals surface area contributed by atoms with Crippen molar-refractivity contribution in [1.82, 2.24) is 0 Å². The predicted molar refractivity (Wildman–Crippen MR) is 127 cm³/mol. The van der Waals surface area contributed by atoms with Crippen molar-refractivity contribution in [2.75, 3.05) is 0 Å². The second-order valence-electron chi connectivity index (χ2n) is 9.48. The Kier molecular flexibility index (Phi) is 5.81. The van der Waals surface area contributed by atoms with E-state index in [0.717, 1.165) is 6.42 Å². The van der Waals surface area contributed by atoms with E-state index in [-0.39, 0.29) is 5.41 Å². The van der Waals surface area contributed by atoms with Crippen LogP contribution in [0.25, 0.3) is 11.1 Å². The van der Waals surface area contributed by atoms with Crippen molar-refractivity contribution in [3.05, 3.63) is 82.4 Å². The van der Waals surface area contributed by atoms with Crippen molar-refractivity contribution in [3.8, 4) is 0 Å². The summed E-state index contributed by atoms with van der Waals surface area (Å²) in [5.74, 6) is 0.478. The number of hydrogen-bond donors (Lipinski definition) is 0. The lowest BCUT2D eigenvalue weighted by atomic mass is 9.69. The van der Waals surface area contributed by atoms with Gasteiger partial charge in [-0.1, -0.05) is 101 Å². The molecule has 2 aliphatic rings. The van der Waals surface area contributed by atoms with Crippen LogP contribution in [-0.2, 0) is 6.42 Å². The van der Waals surface area contributed by atoms with Gasteiger partial charge in [-0.2, -0.15) is 0 Å². The Hall–Kier alpha value is -2.08. The summed E-state index contributed by atoms with van der Waals surface area (Å²) < 4.78 is 0. The number of fused-ring (bicyclic) bond motifs is 2. The van der Waals surface area contributed by atoms with E-state index in [9.17, 15) is 0 Å². The van der Waals surface area contributed by atoms with Crippen LogP contribution in [0, 0.1) is 5.41 Å². The predicted octanol–water partition coefficient (Wildman–Crippen LogP) is 8.58. The molecular formula is C29H36. The van der Waals surface area contributed by atoms with Gasteiger partial charge < -0.3 is 0 Å². The number of benzene rings is 2. The van der Waals surface area contributed by atoms with Gasteiger partial charge in [0.15, 0.2) is 0 Å². The molecule has 0 radical (unpaired) electrons. The van der Waals surface area contributed by atoms with Gasteiger partial charge in [0.05, 0.1) is 0 Å². The Balaban J connectivity index is 1.76. The molecule has 0 saturated carbocycles. The zero-order chi connectivity index (χ0) is 20.4. The number of rotatable bonds is 8. The lowest BCUT2D eigenvalue weighted by Gasteiger charge is -2.35. The first-order valence-corrected chi connectivity index (χ1v) is 11.7. The Morgan fingerprint density at radius 3 is 2.24 bits per heavy atom. The third kappa shape index (κ3) is 3.63. The Bertz CT molecular complexity index is 938. The lowest BCUT2D eigenvalue weighted by molar-refractivity contribution is 0.394. The highest BCUT2D eigenvalue weighted by molar-refractivity contribution is 5.80. The van der Waals surface area contributed by atoms with E-state index in [0.29, 0.717) is 5.92 Å². The first kappa shape index (κ1) is 20.2. The molecule has 1 atom stereocenters. The fourth-order valence-corrected chi connectivity index (χ4v) is 5.50. The molecule has 0 saturated heterocycles. The molecule has 0 spiro atoms. The van der Waals surface area contributed by atoms with Gasteiger partial charge in [0.1, 0.15) is 0 Å². The summed E-state index contributed by atoms with van der Waals surface area (Å²) in [6.07, 6.45) is 11.2. The first-order chi connectivity index (χ1) is 14.1. The zero-order valence-electron chi connectivity index (χ0n) is 18.7. The highest BCUT2D eigenvalue weighted by Crippen LogP contribution is 2.54. The minimum Gasteiger partial charge on any atom is -0.0723 e. The van der Waals surface area contributed by atoms with Crippen molar-refractivity contribution >= 4 is 11.1 Å². The van der Waals surface area contributed by atoms with Crippen molar-refractivity contribution < 1.29 is 0 Å². The van der Waals surface area contributed by atoms with E-state index >= 15 is 0 Å². The van der Waals surface area contributed by atoms with Crippen molar-refractivity contribution in [1.29, 1.82) is 0 Å². The quantitative estimate of drug-likeness (QED) is 0.427. The molecule has 0 bridgehead atoms. The van der Waals surface area contributed by atoms with Crippen LogP contribution in [0.5, 0.6) is 0 Å². The van der Waals surface area contributed by atoms with Crippen molar-refractivity contribution in [2.45, 2.75) is 78.6 Å². The number of unbranched alkanes of at least 4 members (excludes halogenated alkanes) is 2. The summed E-state index contributed by atoms with van der Waals surface area (Å²) in [7, 11) is 0. The van der Waals surface area contributed by atoms with Crippen LogP contribution in [0.15, 0.2) is 60.2 Å². The summed E-state index contributed by atoms with van der Waals surface area (Å²) in [5.41, 5.74) is 11.1. The van der Waals surface area contributed by atoms with Crippen molar-refractivity contribution in [3.63, 3.8) is 0 Å². The molecule has 2 aromatic rings. The largest absolute Gasteiger partial charge is 0.0723 e. The highest BCUT2D eigenvalue weighted by Gasteiger charge is 2.40. The van der Waals surface area contributed by atoms with Crippen LogP contribution < -0.4 is 0 Å². The summed E-state index contributed by atoms with van der Waals surface area (Å²) in [6, 6.07) is 18.3. The van der Waals surface area contributed by atoms with Gasteiger partial charge >= 0.3 is 0 Å². The molecule has 1 unspecified atom stereocenters. The van der Waals surface area contributed by atoms with E-state index < -0.39 is 0 Å². The second kappa shape index (κ2) is 8.34. The zero-order valence-corrected chi connectivity index (χ0v) is 18.7. The SMILES string of the molecule is CCCCC1=CC(C(C)(C)C2=C(CCCC)c3ccccc3C2)c2ccccc21. The average Bonchev–Trinajstić information content (AvgIpc) is 3.30. The first-order valence-electron chi connectivity index (χ1n) is 11.7. The average molecular weight is 385 g/mol. The third-order valence-corrected chi connectivity index (χ3v) is 7.22. The molecule has 0 fully saturated rings. The fourth-order valence-electron chi connectivity index (χ4n) is 5.50. The summed E-state index contributed by atoms with van der Waals surface area (Å²) >= 11 is 0. The van der Waals surface area contributed by atoms with Crippen LogP contribution in [0.2, 0.25) is 0 Å². The minimum absolute atomic E-state index is 0.131. The molecule has 0 aliphatic heterocycles. The molecule has 0 amide bonds. The maximum absolute atomic E-state index is 2.62. The van der Waals surface area contributed by atoms with Gasteiger partial charge in [0, 0.05) is 5.92 Å². The number of allylic oxidation sites excluding steroid dienone is 4. The molecule has 29 heavy (non-hydrogen) atoms. The van der Waals surface area contributed by atoms with Gasteiger partial charge in [0.25, 0.3) is 0 Å². The minimum atomic E-state index is 0.131. The fraction of sp³-hybridized carbons (Fsp3) is 0.448. The van der Waals surface area contributed by atoms with Gasteiger partial charge in [-0.3, -0.25) is 0 Å². The summed E-state index contributed by atoms with van der Waals surface area (Å²) in [4.78, 5) is 0. The molecule has 4 rings (SSSR count). The third-order valence-electron chi connectivity index (χ3n) is 7.22. The number of hydrogen-bond acceptors (Lipinski definition) is 0. The normalized spacial score (nSPS) is 18.1. The van der Waals surface area contributed by atoms with Crippen LogP contribution in [0.3, 0.4) is 0 Å². The van der Waals surface area contributed by atoms with Crippen LogP contribution >= 0.6 is 0 Å². The molecular weight excluding hydrogens is 348 g/mol. The van der Waals surface area contributed by atoms with E-state index in [4.69, 9.17) is 0 Å². The van der Waals surface area contributed by atoms with Gasteiger partial charge in [0.2, 0.25) is 0 Å². The molecule has 152 valence electrons. The van der Waals surface area contributed by atoms with Crippen molar-refractivity contribution in [2.24, 2.45) is 5.41 Å². The lowest BCUT2D eigenvalue weighted by Crippen LogP contribution is -2.23. The van der Waals surface area contributed by atoms with Gasteiger partial charge in [-0.15, -0.1) is 0 Å². The Labute approximate surface area is 177 Å². The van der Waals surface area contributed by atoms with Gasteiger partial charge in [-0.05, 0) is 70.9 Å². The molecule has 0 N–H and O–H groups in total. The maximum Gasteiger partial charge on any atom is 0.0119 e. The molecule has 2 aliphatic carbocycles. The van der Waals surface area contributed by atoms with E-state index in [1.807, 2.05) is 0 Å². The van der Waals surface area contributed by atoms with Crippen LogP contribution in [0.4, 0.5) is 0 Å². The van der Waals surface area contributed by atoms with E-state index in [1.54, 1.807) is 22.3 Å². The van der Waals surface area contributed by atoms with Crippen LogP contribution in [-0.4, -0.2) is 0 Å².